The SMILES string of the molecule is C[C@]1(N)CN(S(=O)(=O)N(Cc2ccccc2)CC(N)C(=O)O)C[C@@H]1CCCB(O)O. The average Bonchev–Trinajstić information content (AvgIpc) is 2.97. The highest BCUT2D eigenvalue weighted by Gasteiger charge is 2.46. The third-order valence-corrected chi connectivity index (χ3v) is 7.32. The summed E-state index contributed by atoms with van der Waals surface area (Å²) in [6.07, 6.45) is 1.23. The Kier molecular flexibility index (Phi) is 8.39. The Morgan fingerprint density at radius 2 is 2.00 bits per heavy atom. The molecule has 30 heavy (non-hydrogen) atoms. The third-order valence-electron chi connectivity index (χ3n) is 5.46. The molecular weight excluding hydrogens is 411 g/mol. The molecule has 0 spiro atoms. The van der Waals surface area contributed by atoms with E-state index in [0.717, 1.165) is 4.31 Å². The van der Waals surface area contributed by atoms with Crippen molar-refractivity contribution in [3.63, 3.8) is 0 Å². The van der Waals surface area contributed by atoms with Crippen molar-refractivity contribution >= 4 is 23.3 Å². The Bertz CT molecular complexity index is 808. The van der Waals surface area contributed by atoms with Gasteiger partial charge in [0.15, 0.2) is 0 Å². The van der Waals surface area contributed by atoms with Gasteiger partial charge in [-0.25, -0.2) is 0 Å². The maximum Gasteiger partial charge on any atom is 0.451 e. The van der Waals surface area contributed by atoms with Crippen molar-refractivity contribution in [3.8, 4) is 0 Å². The van der Waals surface area contributed by atoms with Crippen LogP contribution in [0.1, 0.15) is 25.3 Å². The molecule has 168 valence electrons. The highest BCUT2D eigenvalue weighted by atomic mass is 32.2. The molecule has 7 N–H and O–H groups in total. The number of rotatable bonds is 11. The zero-order valence-corrected chi connectivity index (χ0v) is 17.9. The first-order valence-corrected chi connectivity index (χ1v) is 11.3. The minimum atomic E-state index is -4.03. The zero-order chi connectivity index (χ0) is 22.5. The van der Waals surface area contributed by atoms with E-state index in [1.54, 1.807) is 37.3 Å². The van der Waals surface area contributed by atoms with Crippen molar-refractivity contribution in [1.82, 2.24) is 8.61 Å². The summed E-state index contributed by atoms with van der Waals surface area (Å²) in [7, 11) is -5.44. The van der Waals surface area contributed by atoms with Gasteiger partial charge in [0.1, 0.15) is 6.04 Å². The normalized spacial score (nSPS) is 23.6. The second kappa shape index (κ2) is 10.2. The van der Waals surface area contributed by atoms with E-state index in [2.05, 4.69) is 0 Å². The Morgan fingerprint density at radius 1 is 1.37 bits per heavy atom. The maximum absolute atomic E-state index is 13.4. The van der Waals surface area contributed by atoms with Gasteiger partial charge in [0.25, 0.3) is 10.2 Å². The smallest absolute Gasteiger partial charge is 0.451 e. The topological polar surface area (TPSA) is 170 Å². The van der Waals surface area contributed by atoms with E-state index in [1.165, 1.54) is 4.31 Å². The molecule has 0 aromatic heterocycles. The molecule has 1 aromatic carbocycles. The molecule has 0 bridgehead atoms. The lowest BCUT2D eigenvalue weighted by Crippen LogP contribution is -2.50. The molecule has 1 heterocycles. The summed E-state index contributed by atoms with van der Waals surface area (Å²) in [6, 6.07) is 7.51. The maximum atomic E-state index is 13.4. The van der Waals surface area contributed by atoms with Crippen LogP contribution in [-0.2, 0) is 21.5 Å². The fourth-order valence-corrected chi connectivity index (χ4v) is 5.46. The van der Waals surface area contributed by atoms with Crippen molar-refractivity contribution in [2.75, 3.05) is 19.6 Å². The van der Waals surface area contributed by atoms with E-state index in [0.29, 0.717) is 18.4 Å². The van der Waals surface area contributed by atoms with Crippen LogP contribution in [0.2, 0.25) is 6.32 Å². The Labute approximate surface area is 177 Å². The molecule has 1 aliphatic rings. The molecule has 0 radical (unpaired) electrons. The lowest BCUT2D eigenvalue weighted by atomic mass is 9.79. The molecule has 2 rings (SSSR count). The number of hydrogen-bond donors (Lipinski definition) is 5. The van der Waals surface area contributed by atoms with Gasteiger partial charge in [-0.05, 0) is 31.1 Å². The summed E-state index contributed by atoms with van der Waals surface area (Å²) in [5.74, 6) is -1.45. The van der Waals surface area contributed by atoms with Crippen LogP contribution >= 0.6 is 0 Å². The van der Waals surface area contributed by atoms with Crippen molar-refractivity contribution in [2.24, 2.45) is 17.4 Å². The zero-order valence-electron chi connectivity index (χ0n) is 17.1. The minimum absolute atomic E-state index is 0.0106. The van der Waals surface area contributed by atoms with Crippen LogP contribution in [0, 0.1) is 5.92 Å². The number of hydrogen-bond acceptors (Lipinski definition) is 7. The van der Waals surface area contributed by atoms with Crippen LogP contribution in [0.15, 0.2) is 30.3 Å². The number of carboxylic acid groups (broad SMARTS) is 1. The second-order valence-electron chi connectivity index (χ2n) is 8.14. The lowest BCUT2D eigenvalue weighted by Gasteiger charge is -2.29. The first-order valence-electron chi connectivity index (χ1n) is 9.86. The highest BCUT2D eigenvalue weighted by molar-refractivity contribution is 7.86. The molecule has 1 aliphatic heterocycles. The Morgan fingerprint density at radius 3 is 2.57 bits per heavy atom. The van der Waals surface area contributed by atoms with Crippen molar-refractivity contribution < 1.29 is 28.4 Å². The molecule has 10 nitrogen and oxygen atoms in total. The van der Waals surface area contributed by atoms with Gasteiger partial charge in [-0.2, -0.15) is 17.0 Å². The summed E-state index contributed by atoms with van der Waals surface area (Å²) in [5.41, 5.74) is 11.9. The van der Waals surface area contributed by atoms with Gasteiger partial charge in [0.05, 0.1) is 0 Å². The molecule has 1 unspecified atom stereocenters. The summed E-state index contributed by atoms with van der Waals surface area (Å²) in [6.45, 7) is 1.64. The van der Waals surface area contributed by atoms with Gasteiger partial charge in [-0.15, -0.1) is 0 Å². The Balaban J connectivity index is 2.20. The van der Waals surface area contributed by atoms with Crippen LogP contribution in [0.3, 0.4) is 0 Å². The molecule has 1 aromatic rings. The summed E-state index contributed by atoms with van der Waals surface area (Å²) in [4.78, 5) is 11.2. The number of carboxylic acids is 1. The predicted molar refractivity (Wildman–Crippen MR) is 113 cm³/mol. The average molecular weight is 442 g/mol. The molecule has 1 fully saturated rings. The molecule has 12 heteroatoms. The van der Waals surface area contributed by atoms with Crippen LogP contribution < -0.4 is 11.5 Å². The van der Waals surface area contributed by atoms with E-state index in [1.807, 2.05) is 0 Å². The van der Waals surface area contributed by atoms with Crippen LogP contribution in [0.5, 0.6) is 0 Å². The van der Waals surface area contributed by atoms with Crippen molar-refractivity contribution in [3.05, 3.63) is 35.9 Å². The van der Waals surface area contributed by atoms with Crippen LogP contribution in [-0.4, -0.2) is 76.5 Å². The van der Waals surface area contributed by atoms with Gasteiger partial charge < -0.3 is 26.6 Å². The minimum Gasteiger partial charge on any atom is -0.480 e. The fraction of sp³-hybridized carbons (Fsp3) is 0.611. The lowest BCUT2D eigenvalue weighted by molar-refractivity contribution is -0.138. The third kappa shape index (κ3) is 6.48. The molecule has 1 saturated heterocycles. The number of aliphatic carboxylic acids is 1. The molecular formula is C18H31BN4O6S. The largest absolute Gasteiger partial charge is 0.480 e. The molecule has 0 amide bonds. The van der Waals surface area contributed by atoms with Gasteiger partial charge in [-0.3, -0.25) is 4.79 Å². The van der Waals surface area contributed by atoms with E-state index in [9.17, 15) is 18.3 Å². The first-order chi connectivity index (χ1) is 13.9. The molecule has 0 aliphatic carbocycles. The number of benzene rings is 1. The van der Waals surface area contributed by atoms with E-state index < -0.39 is 34.9 Å². The number of nitrogens with zero attached hydrogens (tertiary/aromatic N) is 2. The summed E-state index contributed by atoms with van der Waals surface area (Å²) in [5, 5.41) is 27.2. The van der Waals surface area contributed by atoms with Crippen molar-refractivity contribution in [2.45, 2.75) is 44.2 Å². The van der Waals surface area contributed by atoms with E-state index in [4.69, 9.17) is 21.5 Å². The molecule has 0 saturated carbocycles. The quantitative estimate of drug-likeness (QED) is 0.273. The first kappa shape index (κ1) is 24.7. The molecule has 3 atom stereocenters. The van der Waals surface area contributed by atoms with E-state index >= 15 is 0 Å². The van der Waals surface area contributed by atoms with Gasteiger partial charge >= 0.3 is 13.1 Å². The van der Waals surface area contributed by atoms with E-state index in [-0.39, 0.29) is 38.4 Å². The monoisotopic (exact) mass is 442 g/mol. The van der Waals surface area contributed by atoms with Gasteiger partial charge in [-0.1, -0.05) is 36.8 Å². The fourth-order valence-electron chi connectivity index (χ4n) is 3.66. The predicted octanol–water partition coefficient (Wildman–Crippen LogP) is -0.952. The highest BCUT2D eigenvalue weighted by Crippen LogP contribution is 2.32. The van der Waals surface area contributed by atoms with Gasteiger partial charge in [0, 0.05) is 31.7 Å². The van der Waals surface area contributed by atoms with Crippen LogP contribution in [0.4, 0.5) is 0 Å². The van der Waals surface area contributed by atoms with Gasteiger partial charge in [0.2, 0.25) is 0 Å². The van der Waals surface area contributed by atoms with Crippen LogP contribution in [0.25, 0.3) is 0 Å². The Hall–Kier alpha value is -1.54. The number of nitrogens with two attached hydrogens (primary N) is 2. The summed E-state index contributed by atoms with van der Waals surface area (Å²) >= 11 is 0. The second-order valence-corrected chi connectivity index (χ2v) is 10.1. The number of carbonyl (C=O) groups is 1. The summed E-state index contributed by atoms with van der Waals surface area (Å²) < 4.78 is 29.1. The van der Waals surface area contributed by atoms with Crippen molar-refractivity contribution in [1.29, 1.82) is 0 Å². The standard InChI is InChI=1S/C18H31BN4O6S/c1-18(21)13-23(11-15(18)8-5-9-19(26)27)30(28,29)22(12-16(20)17(24)25)10-14-6-3-2-4-7-14/h2-4,6-7,15-16,26-27H,5,8-13,20-21H2,1H3,(H,24,25)/t15-,16?,18-/m0/s1.